The van der Waals surface area contributed by atoms with Crippen LogP contribution in [0, 0.1) is 5.92 Å². The summed E-state index contributed by atoms with van der Waals surface area (Å²) in [6.45, 7) is 3.26. The molecule has 22 heavy (non-hydrogen) atoms. The first-order valence-electron chi connectivity index (χ1n) is 7.44. The van der Waals surface area contributed by atoms with Gasteiger partial charge in [-0.3, -0.25) is 9.78 Å². The topological polar surface area (TPSA) is 64.1 Å². The van der Waals surface area contributed by atoms with Gasteiger partial charge in [0.25, 0.3) is 0 Å². The number of hydrogen-bond donors (Lipinski definition) is 1. The van der Waals surface area contributed by atoms with E-state index in [-0.39, 0.29) is 17.9 Å². The van der Waals surface area contributed by atoms with Gasteiger partial charge in [-0.15, -0.1) is 0 Å². The second-order valence-electron chi connectivity index (χ2n) is 5.54. The van der Waals surface area contributed by atoms with Crippen LogP contribution in [0.25, 0.3) is 11.0 Å². The Morgan fingerprint density at radius 3 is 2.91 bits per heavy atom. The standard InChI is InChI=1S/C16H18BrN3O2/c1-10(19-16(21)11-4-6-22-7-5-11)15-9-18-13-3-2-12(17)8-14(13)20-15/h2-3,8-11H,4-7H2,1H3,(H,19,21). The van der Waals surface area contributed by atoms with E-state index in [2.05, 4.69) is 31.2 Å². The molecular weight excluding hydrogens is 346 g/mol. The molecule has 6 heteroatoms. The summed E-state index contributed by atoms with van der Waals surface area (Å²) < 4.78 is 6.26. The van der Waals surface area contributed by atoms with Crippen LogP contribution in [0.2, 0.25) is 0 Å². The Labute approximate surface area is 137 Å². The lowest BCUT2D eigenvalue weighted by atomic mass is 9.99. The highest BCUT2D eigenvalue weighted by atomic mass is 79.9. The third-order valence-corrected chi connectivity index (χ3v) is 4.41. The normalized spacial score (nSPS) is 17.4. The fourth-order valence-electron chi connectivity index (χ4n) is 2.57. The molecule has 1 fully saturated rings. The van der Waals surface area contributed by atoms with Crippen LogP contribution in [0.15, 0.2) is 28.9 Å². The van der Waals surface area contributed by atoms with Gasteiger partial charge in [0.2, 0.25) is 5.91 Å². The van der Waals surface area contributed by atoms with E-state index in [0.717, 1.165) is 34.0 Å². The SMILES string of the molecule is CC(NC(=O)C1CCOCC1)c1cnc2ccc(Br)cc2n1. The minimum absolute atomic E-state index is 0.0405. The van der Waals surface area contributed by atoms with Crippen molar-refractivity contribution in [1.82, 2.24) is 15.3 Å². The Balaban J connectivity index is 1.73. The fourth-order valence-corrected chi connectivity index (χ4v) is 2.92. The smallest absolute Gasteiger partial charge is 0.223 e. The van der Waals surface area contributed by atoms with Crippen molar-refractivity contribution in [3.8, 4) is 0 Å². The summed E-state index contributed by atoms with van der Waals surface area (Å²) in [4.78, 5) is 21.3. The molecule has 5 nitrogen and oxygen atoms in total. The molecular formula is C16H18BrN3O2. The average Bonchev–Trinajstić information content (AvgIpc) is 2.54. The van der Waals surface area contributed by atoms with Gasteiger partial charge in [0, 0.05) is 23.6 Å². The second kappa shape index (κ2) is 6.71. The number of aromatic nitrogens is 2. The van der Waals surface area contributed by atoms with E-state index in [9.17, 15) is 4.79 Å². The van der Waals surface area contributed by atoms with Crippen molar-refractivity contribution in [3.63, 3.8) is 0 Å². The van der Waals surface area contributed by atoms with Gasteiger partial charge in [-0.25, -0.2) is 4.98 Å². The number of fused-ring (bicyclic) bond motifs is 1. The lowest BCUT2D eigenvalue weighted by Gasteiger charge is -2.23. The number of hydrogen-bond acceptors (Lipinski definition) is 4. The molecule has 1 unspecified atom stereocenters. The van der Waals surface area contributed by atoms with E-state index < -0.39 is 0 Å². The van der Waals surface area contributed by atoms with Crippen LogP contribution in [0.3, 0.4) is 0 Å². The number of amides is 1. The molecule has 1 atom stereocenters. The molecule has 3 rings (SSSR count). The zero-order valence-electron chi connectivity index (χ0n) is 12.4. The maximum atomic E-state index is 12.3. The highest BCUT2D eigenvalue weighted by Gasteiger charge is 2.23. The monoisotopic (exact) mass is 363 g/mol. The summed E-state index contributed by atoms with van der Waals surface area (Å²) in [5.74, 6) is 0.116. The summed E-state index contributed by atoms with van der Waals surface area (Å²) >= 11 is 3.44. The van der Waals surface area contributed by atoms with Gasteiger partial charge in [0.05, 0.1) is 29.0 Å². The summed E-state index contributed by atoms with van der Waals surface area (Å²) in [6, 6.07) is 5.62. The zero-order chi connectivity index (χ0) is 15.5. The number of carbonyl (C=O) groups is 1. The molecule has 0 bridgehead atoms. The van der Waals surface area contributed by atoms with Gasteiger partial charge in [-0.2, -0.15) is 0 Å². The molecule has 2 aromatic rings. The van der Waals surface area contributed by atoms with Crippen LogP contribution < -0.4 is 5.32 Å². The van der Waals surface area contributed by atoms with Crippen molar-refractivity contribution in [3.05, 3.63) is 34.6 Å². The molecule has 1 aliphatic rings. The van der Waals surface area contributed by atoms with E-state index in [1.165, 1.54) is 0 Å². The molecule has 1 aromatic carbocycles. The van der Waals surface area contributed by atoms with Crippen LogP contribution in [0.4, 0.5) is 0 Å². The van der Waals surface area contributed by atoms with Gasteiger partial charge in [-0.05, 0) is 38.0 Å². The van der Waals surface area contributed by atoms with E-state index in [1.807, 2.05) is 25.1 Å². The maximum Gasteiger partial charge on any atom is 0.223 e. The highest BCUT2D eigenvalue weighted by Crippen LogP contribution is 2.20. The lowest BCUT2D eigenvalue weighted by Crippen LogP contribution is -2.36. The van der Waals surface area contributed by atoms with Gasteiger partial charge in [0.15, 0.2) is 0 Å². The van der Waals surface area contributed by atoms with Gasteiger partial charge >= 0.3 is 0 Å². The van der Waals surface area contributed by atoms with E-state index in [4.69, 9.17) is 4.74 Å². The van der Waals surface area contributed by atoms with Crippen molar-refractivity contribution < 1.29 is 9.53 Å². The van der Waals surface area contributed by atoms with Gasteiger partial charge in [-0.1, -0.05) is 15.9 Å². The minimum Gasteiger partial charge on any atom is -0.381 e. The van der Waals surface area contributed by atoms with E-state index in [0.29, 0.717) is 13.2 Å². The van der Waals surface area contributed by atoms with Gasteiger partial charge < -0.3 is 10.1 Å². The Hall–Kier alpha value is -1.53. The molecule has 1 aromatic heterocycles. The quantitative estimate of drug-likeness (QED) is 0.910. The minimum atomic E-state index is -0.161. The molecule has 1 N–H and O–H groups in total. The first-order chi connectivity index (χ1) is 10.6. The lowest BCUT2D eigenvalue weighted by molar-refractivity contribution is -0.128. The third-order valence-electron chi connectivity index (χ3n) is 3.92. The van der Waals surface area contributed by atoms with Gasteiger partial charge in [0.1, 0.15) is 0 Å². The zero-order valence-corrected chi connectivity index (χ0v) is 14.0. The Morgan fingerprint density at radius 2 is 2.14 bits per heavy atom. The van der Waals surface area contributed by atoms with Crippen molar-refractivity contribution in [2.45, 2.75) is 25.8 Å². The van der Waals surface area contributed by atoms with E-state index >= 15 is 0 Å². The molecule has 0 aliphatic carbocycles. The summed E-state index contributed by atoms with van der Waals surface area (Å²) in [6.07, 6.45) is 3.30. The number of halogens is 1. The largest absolute Gasteiger partial charge is 0.381 e. The molecule has 1 aliphatic heterocycles. The molecule has 1 saturated heterocycles. The fraction of sp³-hybridized carbons (Fsp3) is 0.438. The van der Waals surface area contributed by atoms with Crippen LogP contribution in [0.5, 0.6) is 0 Å². The van der Waals surface area contributed by atoms with Crippen molar-refractivity contribution in [2.75, 3.05) is 13.2 Å². The number of rotatable bonds is 3. The molecule has 0 radical (unpaired) electrons. The van der Waals surface area contributed by atoms with Crippen LogP contribution in [-0.4, -0.2) is 29.1 Å². The maximum absolute atomic E-state index is 12.3. The molecule has 2 heterocycles. The van der Waals surface area contributed by atoms with E-state index in [1.54, 1.807) is 6.20 Å². The number of carbonyl (C=O) groups excluding carboxylic acids is 1. The average molecular weight is 364 g/mol. The molecule has 0 spiro atoms. The highest BCUT2D eigenvalue weighted by molar-refractivity contribution is 9.10. The first kappa shape index (κ1) is 15.4. The Morgan fingerprint density at radius 1 is 1.36 bits per heavy atom. The van der Waals surface area contributed by atoms with Crippen LogP contribution >= 0.6 is 15.9 Å². The molecule has 116 valence electrons. The summed E-state index contributed by atoms with van der Waals surface area (Å²) in [5, 5.41) is 3.04. The number of ether oxygens (including phenoxy) is 1. The van der Waals surface area contributed by atoms with Crippen LogP contribution in [0.1, 0.15) is 31.5 Å². The first-order valence-corrected chi connectivity index (χ1v) is 8.23. The predicted molar refractivity (Wildman–Crippen MR) is 87.3 cm³/mol. The molecule has 1 amide bonds. The second-order valence-corrected chi connectivity index (χ2v) is 6.46. The van der Waals surface area contributed by atoms with Crippen molar-refractivity contribution >= 4 is 32.9 Å². The van der Waals surface area contributed by atoms with Crippen LogP contribution in [-0.2, 0) is 9.53 Å². The van der Waals surface area contributed by atoms with Crippen molar-refractivity contribution in [1.29, 1.82) is 0 Å². The number of nitrogens with one attached hydrogen (secondary N) is 1. The third kappa shape index (κ3) is 3.44. The summed E-state index contributed by atoms with van der Waals surface area (Å²) in [5.41, 5.74) is 2.43. The van der Waals surface area contributed by atoms with Crippen molar-refractivity contribution in [2.24, 2.45) is 5.92 Å². The summed E-state index contributed by atoms with van der Waals surface area (Å²) in [7, 11) is 0. The Bertz CT molecular complexity index is 686. The molecule has 0 saturated carbocycles. The number of nitrogens with zero attached hydrogens (tertiary/aromatic N) is 2. The predicted octanol–water partition coefficient (Wildman–Crippen LogP) is 3.00. The Kier molecular flexibility index (Phi) is 4.69. The number of benzene rings is 1.